The highest BCUT2D eigenvalue weighted by Gasteiger charge is 2.42. The molecular formula is C30H34ClNO4. The van der Waals surface area contributed by atoms with E-state index in [1.807, 2.05) is 83.1 Å². The van der Waals surface area contributed by atoms with Gasteiger partial charge in [-0.2, -0.15) is 0 Å². The van der Waals surface area contributed by atoms with Gasteiger partial charge in [-0.15, -0.1) is 0 Å². The normalized spacial score (nSPS) is 19.9. The highest BCUT2D eigenvalue weighted by atomic mass is 35.5. The van der Waals surface area contributed by atoms with Crippen LogP contribution in [0.5, 0.6) is 5.75 Å². The predicted molar refractivity (Wildman–Crippen MR) is 142 cm³/mol. The number of halogens is 1. The number of ether oxygens (including phenoxy) is 2. The number of carbonyl (C=O) groups excluding carboxylic acids is 2. The second-order valence-corrected chi connectivity index (χ2v) is 10.7. The van der Waals surface area contributed by atoms with E-state index in [4.69, 9.17) is 21.1 Å². The number of carbonyl (C=O) groups is 2. The summed E-state index contributed by atoms with van der Waals surface area (Å²) in [6, 6.07) is 15.3. The number of esters is 1. The molecule has 0 radical (unpaired) electrons. The first-order valence-electron chi connectivity index (χ1n) is 12.6. The Morgan fingerprint density at radius 2 is 1.75 bits per heavy atom. The van der Waals surface area contributed by atoms with Crippen LogP contribution in [0, 0.1) is 5.92 Å². The maximum atomic E-state index is 13.8. The zero-order valence-electron chi connectivity index (χ0n) is 21.6. The molecule has 0 bridgehead atoms. The molecule has 1 aliphatic heterocycles. The van der Waals surface area contributed by atoms with Crippen LogP contribution >= 0.6 is 11.6 Å². The van der Waals surface area contributed by atoms with Crippen molar-refractivity contribution in [3.63, 3.8) is 0 Å². The molecule has 190 valence electrons. The molecule has 1 aliphatic carbocycles. The van der Waals surface area contributed by atoms with Gasteiger partial charge in [0.2, 0.25) is 0 Å². The maximum Gasteiger partial charge on any atom is 0.336 e. The van der Waals surface area contributed by atoms with Gasteiger partial charge in [0.25, 0.3) is 0 Å². The summed E-state index contributed by atoms with van der Waals surface area (Å²) < 4.78 is 11.8. The van der Waals surface area contributed by atoms with Crippen LogP contribution in [0.1, 0.15) is 70.4 Å². The Hall–Kier alpha value is -3.05. The topological polar surface area (TPSA) is 64.6 Å². The minimum Gasteiger partial charge on any atom is -0.491 e. The van der Waals surface area contributed by atoms with Crippen LogP contribution in [0.15, 0.2) is 71.1 Å². The monoisotopic (exact) mass is 507 g/mol. The molecule has 5 nitrogen and oxygen atoms in total. The first-order valence-corrected chi connectivity index (χ1v) is 13.0. The maximum absolute atomic E-state index is 13.8. The van der Waals surface area contributed by atoms with Crippen molar-refractivity contribution in [2.24, 2.45) is 5.92 Å². The van der Waals surface area contributed by atoms with Gasteiger partial charge in [-0.1, -0.05) is 55.8 Å². The first-order chi connectivity index (χ1) is 17.2. The summed E-state index contributed by atoms with van der Waals surface area (Å²) in [6.45, 7) is 10.1. The van der Waals surface area contributed by atoms with Crippen LogP contribution < -0.4 is 10.1 Å². The minimum absolute atomic E-state index is 0.0229. The molecule has 0 saturated heterocycles. The van der Waals surface area contributed by atoms with Gasteiger partial charge in [0.15, 0.2) is 5.78 Å². The molecule has 0 saturated carbocycles. The molecule has 2 aromatic rings. The van der Waals surface area contributed by atoms with Crippen molar-refractivity contribution in [3.05, 3.63) is 87.2 Å². The molecule has 0 amide bonds. The quantitative estimate of drug-likeness (QED) is 0.423. The summed E-state index contributed by atoms with van der Waals surface area (Å²) in [6.07, 6.45) is 0.969. The SMILES string of the molecule is CC1=C(C(=O)OCC(C)C)[C@H](c2ccccc2OC(C)C)C2=C(C[C@H](c3ccc(Cl)cc3)CC2=O)N1. The number of hydrogen-bond donors (Lipinski definition) is 1. The van der Waals surface area contributed by atoms with E-state index >= 15 is 0 Å². The molecular weight excluding hydrogens is 474 g/mol. The summed E-state index contributed by atoms with van der Waals surface area (Å²) in [5.41, 5.74) is 4.53. The predicted octanol–water partition coefficient (Wildman–Crippen LogP) is 6.69. The summed E-state index contributed by atoms with van der Waals surface area (Å²) in [5, 5.41) is 4.08. The van der Waals surface area contributed by atoms with E-state index in [9.17, 15) is 9.59 Å². The smallest absolute Gasteiger partial charge is 0.336 e. The van der Waals surface area contributed by atoms with Gasteiger partial charge in [0.05, 0.1) is 24.2 Å². The van der Waals surface area contributed by atoms with Gasteiger partial charge < -0.3 is 14.8 Å². The Labute approximate surface area is 218 Å². The molecule has 2 aromatic carbocycles. The fourth-order valence-corrected chi connectivity index (χ4v) is 5.12. The number of benzene rings is 2. The van der Waals surface area contributed by atoms with Crippen molar-refractivity contribution in [3.8, 4) is 5.75 Å². The zero-order valence-corrected chi connectivity index (χ0v) is 22.3. The van der Waals surface area contributed by atoms with Crippen LogP contribution in [0.4, 0.5) is 0 Å². The Kier molecular flexibility index (Phi) is 7.89. The molecule has 0 unspecified atom stereocenters. The Morgan fingerprint density at radius 3 is 2.42 bits per heavy atom. The minimum atomic E-state index is -0.561. The average Bonchev–Trinajstić information content (AvgIpc) is 2.82. The van der Waals surface area contributed by atoms with Crippen molar-refractivity contribution >= 4 is 23.4 Å². The molecule has 0 fully saturated rings. The lowest BCUT2D eigenvalue weighted by molar-refractivity contribution is -0.140. The fraction of sp³-hybridized carbons (Fsp3) is 0.400. The second-order valence-electron chi connectivity index (χ2n) is 10.3. The van der Waals surface area contributed by atoms with Crippen LogP contribution in [0.3, 0.4) is 0 Å². The molecule has 2 aliphatic rings. The molecule has 0 aromatic heterocycles. The number of dihydropyridines is 1. The third-order valence-corrected chi connectivity index (χ3v) is 6.78. The van der Waals surface area contributed by atoms with E-state index in [1.54, 1.807) is 0 Å². The molecule has 1 heterocycles. The number of Topliss-reactive ketones (excluding diaryl/α,β-unsaturated/α-hetero) is 1. The number of hydrogen-bond acceptors (Lipinski definition) is 5. The second kappa shape index (κ2) is 10.9. The van der Waals surface area contributed by atoms with Gasteiger partial charge in [0.1, 0.15) is 5.75 Å². The number of rotatable bonds is 7. The van der Waals surface area contributed by atoms with Crippen molar-refractivity contribution in [2.75, 3.05) is 6.61 Å². The fourth-order valence-electron chi connectivity index (χ4n) is 4.99. The lowest BCUT2D eigenvalue weighted by Gasteiger charge is -2.37. The number of para-hydroxylation sites is 1. The van der Waals surface area contributed by atoms with Gasteiger partial charge in [-0.25, -0.2) is 4.79 Å². The highest BCUT2D eigenvalue weighted by Crippen LogP contribution is 2.47. The van der Waals surface area contributed by atoms with Crippen molar-refractivity contribution < 1.29 is 19.1 Å². The van der Waals surface area contributed by atoms with Crippen molar-refractivity contribution in [1.82, 2.24) is 5.32 Å². The van der Waals surface area contributed by atoms with E-state index in [0.717, 1.165) is 16.8 Å². The third kappa shape index (κ3) is 5.52. The number of allylic oxidation sites excluding steroid dienone is 3. The van der Waals surface area contributed by atoms with Crippen molar-refractivity contribution in [2.45, 2.75) is 65.4 Å². The highest BCUT2D eigenvalue weighted by molar-refractivity contribution is 6.30. The Balaban J connectivity index is 1.81. The lowest BCUT2D eigenvalue weighted by Crippen LogP contribution is -2.36. The standard InChI is InChI=1S/C30H34ClNO4/c1-17(2)16-35-30(34)27-19(5)32-24-14-21(20-10-12-22(31)13-11-20)15-25(33)29(24)28(27)23-8-6-7-9-26(23)36-18(3)4/h6-13,17-18,21,28,32H,14-16H2,1-5H3/t21-,28-/m0/s1. The lowest BCUT2D eigenvalue weighted by atomic mass is 9.71. The summed E-state index contributed by atoms with van der Waals surface area (Å²) in [7, 11) is 0. The van der Waals surface area contributed by atoms with E-state index in [0.29, 0.717) is 47.1 Å². The summed E-state index contributed by atoms with van der Waals surface area (Å²) >= 11 is 6.09. The number of nitrogens with one attached hydrogen (secondary N) is 1. The molecule has 4 rings (SSSR count). The molecule has 36 heavy (non-hydrogen) atoms. The van der Waals surface area contributed by atoms with Crippen LogP contribution in [-0.4, -0.2) is 24.5 Å². The van der Waals surface area contributed by atoms with E-state index in [2.05, 4.69) is 5.32 Å². The van der Waals surface area contributed by atoms with Crippen LogP contribution in [0.2, 0.25) is 5.02 Å². The van der Waals surface area contributed by atoms with E-state index < -0.39 is 11.9 Å². The van der Waals surface area contributed by atoms with Gasteiger partial charge >= 0.3 is 5.97 Å². The molecule has 0 spiro atoms. The van der Waals surface area contributed by atoms with Crippen LogP contribution in [0.25, 0.3) is 0 Å². The Bertz CT molecular complexity index is 1210. The largest absolute Gasteiger partial charge is 0.491 e. The zero-order chi connectivity index (χ0) is 26.0. The van der Waals surface area contributed by atoms with Gasteiger partial charge in [0, 0.05) is 34.0 Å². The average molecular weight is 508 g/mol. The molecule has 6 heteroatoms. The molecule has 1 N–H and O–H groups in total. The number of ketones is 1. The molecule has 2 atom stereocenters. The van der Waals surface area contributed by atoms with E-state index in [-0.39, 0.29) is 23.7 Å². The summed E-state index contributed by atoms with van der Waals surface area (Å²) in [5.74, 6) is -0.0407. The first kappa shape index (κ1) is 26.0. The van der Waals surface area contributed by atoms with E-state index in [1.165, 1.54) is 0 Å². The Morgan fingerprint density at radius 1 is 1.06 bits per heavy atom. The summed E-state index contributed by atoms with van der Waals surface area (Å²) in [4.78, 5) is 27.2. The van der Waals surface area contributed by atoms with Gasteiger partial charge in [-0.05, 0) is 62.8 Å². The van der Waals surface area contributed by atoms with Crippen molar-refractivity contribution in [1.29, 1.82) is 0 Å². The van der Waals surface area contributed by atoms with Gasteiger partial charge in [-0.3, -0.25) is 4.79 Å². The van der Waals surface area contributed by atoms with Crippen LogP contribution in [-0.2, 0) is 14.3 Å². The third-order valence-electron chi connectivity index (χ3n) is 6.53.